The number of hydrogen-bond acceptors (Lipinski definition) is 3. The van der Waals surface area contributed by atoms with Crippen molar-refractivity contribution in [3.8, 4) is 0 Å². The van der Waals surface area contributed by atoms with Gasteiger partial charge in [-0.05, 0) is 25.0 Å². The molecule has 0 radical (unpaired) electrons. The highest BCUT2D eigenvalue weighted by atomic mass is 32.2. The van der Waals surface area contributed by atoms with Crippen LogP contribution in [0.25, 0.3) is 0 Å². The van der Waals surface area contributed by atoms with Gasteiger partial charge in [-0.3, -0.25) is 9.71 Å². The zero-order chi connectivity index (χ0) is 9.47. The normalized spacial score (nSPS) is 18.8. The standard InChI is InChI=1S/C8H10N2O2S/c1-6-8-7(2-4-9-6)3-5-13(11,12)10-8/h2,4,10H,3,5H2,1H3. The highest BCUT2D eigenvalue weighted by molar-refractivity contribution is 7.92. The summed E-state index contributed by atoms with van der Waals surface area (Å²) in [6.45, 7) is 1.80. The minimum absolute atomic E-state index is 0.170. The molecule has 0 aliphatic carbocycles. The lowest BCUT2D eigenvalue weighted by Gasteiger charge is -2.18. The molecule has 1 N–H and O–H groups in total. The molecule has 1 aromatic heterocycles. The van der Waals surface area contributed by atoms with Gasteiger partial charge in [-0.15, -0.1) is 0 Å². The maximum Gasteiger partial charge on any atom is 0.233 e. The van der Waals surface area contributed by atoms with Crippen LogP contribution in [0.4, 0.5) is 5.69 Å². The Balaban J connectivity index is 2.56. The van der Waals surface area contributed by atoms with E-state index in [1.54, 1.807) is 13.1 Å². The van der Waals surface area contributed by atoms with E-state index < -0.39 is 10.0 Å². The zero-order valence-electron chi connectivity index (χ0n) is 7.24. The fourth-order valence-electron chi connectivity index (χ4n) is 1.42. The first-order valence-electron chi connectivity index (χ1n) is 4.03. The minimum Gasteiger partial charge on any atom is -0.281 e. The van der Waals surface area contributed by atoms with Gasteiger partial charge in [0.05, 0.1) is 17.1 Å². The number of rotatable bonds is 0. The Bertz CT molecular complexity index is 439. The van der Waals surface area contributed by atoms with Gasteiger partial charge in [0.15, 0.2) is 0 Å². The first-order chi connectivity index (χ1) is 6.08. The lowest BCUT2D eigenvalue weighted by Crippen LogP contribution is -2.24. The number of nitrogens with zero attached hydrogens (tertiary/aromatic N) is 1. The van der Waals surface area contributed by atoms with Crippen molar-refractivity contribution < 1.29 is 8.42 Å². The number of aryl methyl sites for hydroxylation is 2. The van der Waals surface area contributed by atoms with Crippen molar-refractivity contribution in [2.75, 3.05) is 10.5 Å². The Kier molecular flexibility index (Phi) is 1.76. The number of fused-ring (bicyclic) bond motifs is 1. The molecule has 0 unspecified atom stereocenters. The third kappa shape index (κ3) is 1.51. The minimum atomic E-state index is -3.11. The molecule has 0 spiro atoms. The molecule has 1 aromatic rings. The van der Waals surface area contributed by atoms with Crippen molar-refractivity contribution in [3.05, 3.63) is 23.5 Å². The second kappa shape index (κ2) is 2.70. The molecule has 0 amide bonds. The van der Waals surface area contributed by atoms with E-state index in [1.807, 2.05) is 6.07 Å². The van der Waals surface area contributed by atoms with Gasteiger partial charge in [-0.25, -0.2) is 8.42 Å². The molecule has 0 fully saturated rings. The van der Waals surface area contributed by atoms with Crippen LogP contribution < -0.4 is 4.72 Å². The maximum atomic E-state index is 11.2. The molecule has 2 heterocycles. The average molecular weight is 198 g/mol. The van der Waals surface area contributed by atoms with E-state index in [1.165, 1.54) is 0 Å². The summed E-state index contributed by atoms with van der Waals surface area (Å²) in [5, 5.41) is 0. The summed E-state index contributed by atoms with van der Waals surface area (Å²) in [6, 6.07) is 1.85. The smallest absolute Gasteiger partial charge is 0.233 e. The van der Waals surface area contributed by atoms with Gasteiger partial charge < -0.3 is 0 Å². The van der Waals surface area contributed by atoms with E-state index >= 15 is 0 Å². The van der Waals surface area contributed by atoms with Gasteiger partial charge in [0.2, 0.25) is 10.0 Å². The molecular formula is C8H10N2O2S. The van der Waals surface area contributed by atoms with Crippen LogP contribution in [-0.4, -0.2) is 19.2 Å². The lowest BCUT2D eigenvalue weighted by atomic mass is 10.1. The molecule has 13 heavy (non-hydrogen) atoms. The van der Waals surface area contributed by atoms with Gasteiger partial charge in [0.1, 0.15) is 0 Å². The van der Waals surface area contributed by atoms with Crippen LogP contribution in [0.1, 0.15) is 11.3 Å². The quantitative estimate of drug-likeness (QED) is 0.667. The van der Waals surface area contributed by atoms with Gasteiger partial charge in [-0.2, -0.15) is 0 Å². The Hall–Kier alpha value is -1.10. The molecule has 5 heteroatoms. The monoisotopic (exact) mass is 198 g/mol. The number of anilines is 1. The first kappa shape index (κ1) is 8.50. The summed E-state index contributed by atoms with van der Waals surface area (Å²) >= 11 is 0. The molecule has 0 saturated carbocycles. The molecular weight excluding hydrogens is 188 g/mol. The predicted molar refractivity (Wildman–Crippen MR) is 50.1 cm³/mol. The van der Waals surface area contributed by atoms with Gasteiger partial charge in [0, 0.05) is 6.20 Å². The van der Waals surface area contributed by atoms with Crippen molar-refractivity contribution in [2.45, 2.75) is 13.3 Å². The van der Waals surface area contributed by atoms with E-state index in [-0.39, 0.29) is 5.75 Å². The first-order valence-corrected chi connectivity index (χ1v) is 5.69. The average Bonchev–Trinajstić information content (AvgIpc) is 2.06. The van der Waals surface area contributed by atoms with Crippen molar-refractivity contribution in [2.24, 2.45) is 0 Å². The van der Waals surface area contributed by atoms with E-state index in [0.717, 1.165) is 11.3 Å². The van der Waals surface area contributed by atoms with Crippen LogP contribution in [0, 0.1) is 6.92 Å². The van der Waals surface area contributed by atoms with Crippen LogP contribution >= 0.6 is 0 Å². The van der Waals surface area contributed by atoms with Gasteiger partial charge in [-0.1, -0.05) is 0 Å². The van der Waals surface area contributed by atoms with E-state index in [2.05, 4.69) is 9.71 Å². The number of pyridine rings is 1. The summed E-state index contributed by atoms with van der Waals surface area (Å²) in [7, 11) is -3.11. The Morgan fingerprint density at radius 2 is 2.31 bits per heavy atom. The molecule has 0 aromatic carbocycles. The van der Waals surface area contributed by atoms with E-state index in [0.29, 0.717) is 12.1 Å². The molecule has 2 rings (SSSR count). The fraction of sp³-hybridized carbons (Fsp3) is 0.375. The predicted octanol–water partition coefficient (Wildman–Crippen LogP) is 0.688. The molecule has 1 aliphatic rings. The fourth-order valence-corrected chi connectivity index (χ4v) is 2.60. The summed E-state index contributed by atoms with van der Waals surface area (Å²) < 4.78 is 25.0. The van der Waals surface area contributed by atoms with E-state index in [9.17, 15) is 8.42 Å². The maximum absolute atomic E-state index is 11.2. The van der Waals surface area contributed by atoms with E-state index in [4.69, 9.17) is 0 Å². The van der Waals surface area contributed by atoms with Crippen molar-refractivity contribution in [3.63, 3.8) is 0 Å². The summed E-state index contributed by atoms with van der Waals surface area (Å²) in [4.78, 5) is 4.03. The van der Waals surface area contributed by atoms with Crippen molar-refractivity contribution in [1.29, 1.82) is 0 Å². The molecule has 70 valence electrons. The second-order valence-electron chi connectivity index (χ2n) is 3.10. The van der Waals surface area contributed by atoms with Crippen molar-refractivity contribution >= 4 is 15.7 Å². The van der Waals surface area contributed by atoms with Crippen LogP contribution in [0.2, 0.25) is 0 Å². The zero-order valence-corrected chi connectivity index (χ0v) is 8.06. The SMILES string of the molecule is Cc1nccc2c1NS(=O)(=O)CC2. The molecule has 0 bridgehead atoms. The highest BCUT2D eigenvalue weighted by Crippen LogP contribution is 2.24. The largest absolute Gasteiger partial charge is 0.281 e. The van der Waals surface area contributed by atoms with Crippen LogP contribution in [0.3, 0.4) is 0 Å². The summed E-state index contributed by atoms with van der Waals surface area (Å²) in [5.41, 5.74) is 2.43. The molecule has 0 saturated heterocycles. The highest BCUT2D eigenvalue weighted by Gasteiger charge is 2.21. The number of sulfonamides is 1. The number of aromatic nitrogens is 1. The third-order valence-electron chi connectivity index (χ3n) is 2.12. The van der Waals surface area contributed by atoms with Gasteiger partial charge in [0.25, 0.3) is 0 Å². The second-order valence-corrected chi connectivity index (χ2v) is 4.94. The van der Waals surface area contributed by atoms with Crippen molar-refractivity contribution in [1.82, 2.24) is 4.98 Å². The summed E-state index contributed by atoms with van der Waals surface area (Å²) in [5.74, 6) is 0.170. The van der Waals surface area contributed by atoms with Crippen LogP contribution in [0.5, 0.6) is 0 Å². The number of hydrogen-bond donors (Lipinski definition) is 1. The molecule has 0 atom stereocenters. The van der Waals surface area contributed by atoms with Crippen LogP contribution in [0.15, 0.2) is 12.3 Å². The molecule has 1 aliphatic heterocycles. The Morgan fingerprint density at radius 1 is 1.54 bits per heavy atom. The number of nitrogens with one attached hydrogen (secondary N) is 1. The summed E-state index contributed by atoms with van der Waals surface area (Å²) in [6.07, 6.45) is 2.28. The van der Waals surface area contributed by atoms with Crippen LogP contribution in [-0.2, 0) is 16.4 Å². The third-order valence-corrected chi connectivity index (χ3v) is 3.38. The Labute approximate surface area is 77.1 Å². The lowest BCUT2D eigenvalue weighted by molar-refractivity contribution is 0.599. The van der Waals surface area contributed by atoms with Gasteiger partial charge >= 0.3 is 0 Å². The topological polar surface area (TPSA) is 59.1 Å². The Morgan fingerprint density at radius 3 is 3.08 bits per heavy atom. The molecule has 4 nitrogen and oxygen atoms in total.